The smallest absolute Gasteiger partial charge is 0.305 e. The molecule has 0 unspecified atom stereocenters. The van der Waals surface area contributed by atoms with E-state index in [1.54, 1.807) is 12.1 Å². The molecule has 1 aliphatic rings. The molecule has 5 rings (SSSR count). The van der Waals surface area contributed by atoms with Gasteiger partial charge in [-0.05, 0) is 62.0 Å². The maximum atomic E-state index is 13.4. The average molecular weight is 614 g/mol. The van der Waals surface area contributed by atoms with E-state index in [1.807, 2.05) is 12.1 Å². The summed E-state index contributed by atoms with van der Waals surface area (Å²) in [7, 11) is 0. The first kappa shape index (κ1) is 30.3. The van der Waals surface area contributed by atoms with Crippen molar-refractivity contribution in [2.75, 3.05) is 32.7 Å². The summed E-state index contributed by atoms with van der Waals surface area (Å²) in [6, 6.07) is 7.21. The Bertz CT molecular complexity index is 1620. The number of H-pyrrole nitrogens is 2. The Morgan fingerprint density at radius 1 is 0.786 bits per heavy atom. The van der Waals surface area contributed by atoms with Gasteiger partial charge in [0, 0.05) is 32.1 Å². The highest BCUT2D eigenvalue weighted by Crippen LogP contribution is 2.29. The minimum Gasteiger partial charge on any atom is -0.506 e. The first-order valence-electron chi connectivity index (χ1n) is 14.8. The Kier molecular flexibility index (Phi) is 10.3. The Balaban J connectivity index is 1.10. The Hall–Kier alpha value is -3.19. The van der Waals surface area contributed by atoms with Crippen molar-refractivity contribution in [3.63, 3.8) is 0 Å². The Morgan fingerprint density at radius 2 is 1.31 bits per heavy atom. The van der Waals surface area contributed by atoms with E-state index in [-0.39, 0.29) is 33.2 Å². The number of phenols is 2. The van der Waals surface area contributed by atoms with E-state index in [0.717, 1.165) is 75.3 Å². The number of rotatable bonds is 13. The van der Waals surface area contributed by atoms with Gasteiger partial charge in [0.25, 0.3) is 0 Å². The SMILES string of the molecule is O=C(CCNCCc1ccc(O)c2[nH]c(=O)sc12)N(CCNCCc1ccc(O)c2[nH]c(=O)sc12)C1CCCCCC1. The summed E-state index contributed by atoms with van der Waals surface area (Å²) in [5, 5.41) is 26.9. The summed E-state index contributed by atoms with van der Waals surface area (Å²) in [6.45, 7) is 3.31. The monoisotopic (exact) mass is 613 g/mol. The van der Waals surface area contributed by atoms with Gasteiger partial charge in [-0.1, -0.05) is 60.5 Å². The molecule has 10 nitrogen and oxygen atoms in total. The number of aromatic hydroxyl groups is 2. The van der Waals surface area contributed by atoms with Crippen molar-refractivity contribution in [2.24, 2.45) is 0 Å². The van der Waals surface area contributed by atoms with Gasteiger partial charge in [-0.2, -0.15) is 0 Å². The molecular formula is C30H39N5O5S2. The number of carbonyl (C=O) groups excluding carboxylic acids is 1. The predicted octanol–water partition coefficient (Wildman–Crippen LogP) is 3.81. The molecule has 1 saturated carbocycles. The highest BCUT2D eigenvalue weighted by molar-refractivity contribution is 7.17. The number of amides is 1. The van der Waals surface area contributed by atoms with Crippen molar-refractivity contribution in [3.8, 4) is 11.5 Å². The van der Waals surface area contributed by atoms with Crippen molar-refractivity contribution >= 4 is 49.0 Å². The van der Waals surface area contributed by atoms with Crippen molar-refractivity contribution in [3.05, 3.63) is 54.7 Å². The van der Waals surface area contributed by atoms with E-state index in [4.69, 9.17) is 0 Å². The van der Waals surface area contributed by atoms with Crippen LogP contribution in [0.5, 0.6) is 11.5 Å². The van der Waals surface area contributed by atoms with Crippen LogP contribution in [0.1, 0.15) is 56.1 Å². The zero-order valence-electron chi connectivity index (χ0n) is 23.7. The predicted molar refractivity (Wildman–Crippen MR) is 169 cm³/mol. The van der Waals surface area contributed by atoms with Crippen LogP contribution in [0.4, 0.5) is 0 Å². The topological polar surface area (TPSA) is 151 Å². The fourth-order valence-electron chi connectivity index (χ4n) is 5.85. The maximum Gasteiger partial charge on any atom is 0.305 e. The van der Waals surface area contributed by atoms with Gasteiger partial charge >= 0.3 is 9.75 Å². The number of aromatic amines is 2. The molecule has 2 aromatic carbocycles. The van der Waals surface area contributed by atoms with Crippen LogP contribution < -0.4 is 20.4 Å². The van der Waals surface area contributed by atoms with Gasteiger partial charge in [-0.15, -0.1) is 0 Å². The fraction of sp³-hybridized carbons (Fsp3) is 0.500. The zero-order valence-corrected chi connectivity index (χ0v) is 25.3. The van der Waals surface area contributed by atoms with Gasteiger partial charge in [0.2, 0.25) is 5.91 Å². The number of hydrogen-bond donors (Lipinski definition) is 6. The number of phenolic OH excluding ortho intramolecular Hbond substituents is 2. The first-order valence-corrected chi connectivity index (χ1v) is 16.4. The Labute approximate surface area is 251 Å². The quantitative estimate of drug-likeness (QED) is 0.0992. The van der Waals surface area contributed by atoms with E-state index in [1.165, 1.54) is 12.8 Å². The van der Waals surface area contributed by atoms with Gasteiger partial charge in [0.15, 0.2) is 0 Å². The van der Waals surface area contributed by atoms with Crippen molar-refractivity contribution in [1.29, 1.82) is 0 Å². The zero-order chi connectivity index (χ0) is 29.5. The van der Waals surface area contributed by atoms with E-state index >= 15 is 0 Å². The molecule has 12 heteroatoms. The van der Waals surface area contributed by atoms with Crippen LogP contribution in [0, 0.1) is 0 Å². The highest BCUT2D eigenvalue weighted by atomic mass is 32.1. The molecular weight excluding hydrogens is 574 g/mol. The lowest BCUT2D eigenvalue weighted by molar-refractivity contribution is -0.133. The first-order chi connectivity index (χ1) is 20.4. The molecule has 2 aromatic heterocycles. The van der Waals surface area contributed by atoms with Crippen LogP contribution in [-0.4, -0.2) is 69.8 Å². The van der Waals surface area contributed by atoms with Crippen LogP contribution >= 0.6 is 22.7 Å². The minimum absolute atomic E-state index is 0.0791. The molecule has 0 spiro atoms. The third-order valence-electron chi connectivity index (χ3n) is 8.05. The van der Waals surface area contributed by atoms with Crippen molar-refractivity contribution in [1.82, 2.24) is 25.5 Å². The summed E-state index contributed by atoms with van der Waals surface area (Å²) in [5.41, 5.74) is 3.00. The normalized spacial score (nSPS) is 14.5. The number of benzene rings is 2. The summed E-state index contributed by atoms with van der Waals surface area (Å²) >= 11 is 2.22. The van der Waals surface area contributed by atoms with Gasteiger partial charge in [0.05, 0.1) is 9.40 Å². The number of nitrogens with zero attached hydrogens (tertiary/aromatic N) is 1. The molecule has 2 heterocycles. The molecule has 0 bridgehead atoms. The molecule has 1 fully saturated rings. The number of nitrogens with one attached hydrogen (secondary N) is 4. The van der Waals surface area contributed by atoms with Crippen LogP contribution in [-0.2, 0) is 17.6 Å². The molecule has 0 atom stereocenters. The minimum atomic E-state index is -0.184. The lowest BCUT2D eigenvalue weighted by Crippen LogP contribution is -2.45. The molecule has 1 amide bonds. The average Bonchev–Trinajstić information content (AvgIpc) is 3.46. The van der Waals surface area contributed by atoms with E-state index in [9.17, 15) is 24.6 Å². The van der Waals surface area contributed by atoms with Gasteiger partial charge in [0.1, 0.15) is 22.5 Å². The van der Waals surface area contributed by atoms with E-state index in [2.05, 4.69) is 25.5 Å². The summed E-state index contributed by atoms with van der Waals surface area (Å²) in [5.74, 6) is 0.337. The molecule has 0 aliphatic heterocycles. The second-order valence-corrected chi connectivity index (χ2v) is 12.9. The van der Waals surface area contributed by atoms with Gasteiger partial charge in [-0.25, -0.2) is 0 Å². The largest absolute Gasteiger partial charge is 0.506 e. The molecule has 0 radical (unpaired) electrons. The van der Waals surface area contributed by atoms with Crippen LogP contribution in [0.25, 0.3) is 20.4 Å². The standard InChI is InChI=1S/C30H39N5O5S2/c36-22-9-7-19(27-25(22)33-29(39)41-27)11-14-31-16-13-24(38)35(21-5-3-1-2-4-6-21)18-17-32-15-12-20-8-10-23(37)26-28(20)42-30(40)34-26/h7-10,21,31-32,36-37H,1-6,11-18H2,(H,33,39)(H,34,40). The molecule has 0 saturated heterocycles. The summed E-state index contributed by atoms with van der Waals surface area (Å²) < 4.78 is 1.58. The lowest BCUT2D eigenvalue weighted by atomic mass is 10.1. The third-order valence-corrected chi connectivity index (χ3v) is 9.97. The van der Waals surface area contributed by atoms with Crippen molar-refractivity contribution < 1.29 is 15.0 Å². The van der Waals surface area contributed by atoms with E-state index in [0.29, 0.717) is 56.6 Å². The summed E-state index contributed by atoms with van der Waals surface area (Å²) in [4.78, 5) is 44.1. The maximum absolute atomic E-state index is 13.4. The second kappa shape index (κ2) is 14.3. The highest BCUT2D eigenvalue weighted by Gasteiger charge is 2.24. The number of fused-ring (bicyclic) bond motifs is 2. The van der Waals surface area contributed by atoms with Crippen LogP contribution in [0.2, 0.25) is 0 Å². The Morgan fingerprint density at radius 3 is 1.86 bits per heavy atom. The van der Waals surface area contributed by atoms with Gasteiger partial charge in [-0.3, -0.25) is 14.4 Å². The summed E-state index contributed by atoms with van der Waals surface area (Å²) in [6.07, 6.45) is 8.71. The second-order valence-electron chi connectivity index (χ2n) is 10.9. The number of aromatic nitrogens is 2. The number of hydrogen-bond acceptors (Lipinski definition) is 9. The van der Waals surface area contributed by atoms with Gasteiger partial charge < -0.3 is 35.7 Å². The molecule has 6 N–H and O–H groups in total. The van der Waals surface area contributed by atoms with E-state index < -0.39 is 0 Å². The van der Waals surface area contributed by atoms with Crippen molar-refractivity contribution in [2.45, 2.75) is 63.8 Å². The lowest BCUT2D eigenvalue weighted by Gasteiger charge is -2.32. The molecule has 1 aliphatic carbocycles. The molecule has 42 heavy (non-hydrogen) atoms. The number of carbonyl (C=O) groups is 1. The molecule has 226 valence electrons. The van der Waals surface area contributed by atoms with Crippen LogP contribution in [0.3, 0.4) is 0 Å². The number of thiazole rings is 2. The third kappa shape index (κ3) is 7.41. The van der Waals surface area contributed by atoms with Crippen LogP contribution in [0.15, 0.2) is 33.9 Å². The molecule has 4 aromatic rings. The fourth-order valence-corrected chi connectivity index (χ4v) is 7.65.